The van der Waals surface area contributed by atoms with Crippen LogP contribution in [0.1, 0.15) is 55.5 Å². The number of carboxylic acid groups (broad SMARTS) is 1. The molecular weight excluding hydrogens is 566 g/mol. The third-order valence-corrected chi connectivity index (χ3v) is 10.4. The molecule has 2 amide bonds. The van der Waals surface area contributed by atoms with E-state index in [0.29, 0.717) is 16.7 Å². The molecule has 10 heteroatoms. The van der Waals surface area contributed by atoms with Crippen molar-refractivity contribution in [3.8, 4) is 17.2 Å². The Hall–Kier alpha value is -4.73. The van der Waals surface area contributed by atoms with Crippen molar-refractivity contribution in [3.63, 3.8) is 0 Å². The molecule has 44 heavy (non-hydrogen) atoms. The fraction of sp³-hybridized carbons (Fsp3) is 0.382. The minimum absolute atomic E-state index is 0.0514. The van der Waals surface area contributed by atoms with Gasteiger partial charge in [0.15, 0.2) is 23.1 Å². The number of imide groups is 1. The normalized spacial score (nSPS) is 29.6. The summed E-state index contributed by atoms with van der Waals surface area (Å²) in [6.07, 6.45) is 2.35. The summed E-state index contributed by atoms with van der Waals surface area (Å²) in [5.41, 5.74) is 1.04. The van der Waals surface area contributed by atoms with Gasteiger partial charge in [0, 0.05) is 11.8 Å². The smallest absolute Gasteiger partial charge is 0.335 e. The van der Waals surface area contributed by atoms with Gasteiger partial charge in [-0.25, -0.2) is 4.79 Å². The lowest BCUT2D eigenvalue weighted by molar-refractivity contribution is -0.142. The van der Waals surface area contributed by atoms with Crippen molar-refractivity contribution in [1.29, 1.82) is 0 Å². The number of benzene rings is 2. The van der Waals surface area contributed by atoms with Crippen LogP contribution >= 0.6 is 0 Å². The number of carbonyl (C=O) groups is 5. The van der Waals surface area contributed by atoms with Crippen LogP contribution in [0.4, 0.5) is 5.69 Å². The summed E-state index contributed by atoms with van der Waals surface area (Å²) < 4.78 is 10.9. The fourth-order valence-corrected chi connectivity index (χ4v) is 8.07. The Morgan fingerprint density at radius 1 is 0.955 bits per heavy atom. The zero-order valence-electron chi connectivity index (χ0n) is 25.0. The highest BCUT2D eigenvalue weighted by atomic mass is 16.5. The molecule has 0 bridgehead atoms. The Kier molecular flexibility index (Phi) is 6.79. The Labute approximate surface area is 253 Å². The zero-order valence-corrected chi connectivity index (χ0v) is 25.0. The standard InChI is InChI=1S/C34H33NO9/c1-15-16(2)30(38)34(3)23(28(15)36)14-22-20(27(34)18-12-24(43-4)29(37)25(13-18)44-5)9-10-21-26(22)32(40)35(31(21)39)19-8-6-7-17(11-19)33(41)42/h6-9,11-13,21-23,26-27,37H,10,14H2,1-5H3,(H,41,42)/t21-,22+,23-,26-,27-,34+/m0/s1. The van der Waals surface area contributed by atoms with E-state index in [4.69, 9.17) is 9.47 Å². The first-order chi connectivity index (χ1) is 20.9. The number of allylic oxidation sites excluding steroid dienone is 4. The van der Waals surface area contributed by atoms with Gasteiger partial charge < -0.3 is 19.7 Å². The average molecular weight is 600 g/mol. The van der Waals surface area contributed by atoms with E-state index in [9.17, 15) is 34.2 Å². The van der Waals surface area contributed by atoms with Crippen molar-refractivity contribution in [3.05, 3.63) is 70.3 Å². The first kappa shape index (κ1) is 29.3. The number of hydrogen-bond acceptors (Lipinski definition) is 8. The molecule has 0 aromatic heterocycles. The summed E-state index contributed by atoms with van der Waals surface area (Å²) >= 11 is 0. The van der Waals surface area contributed by atoms with Gasteiger partial charge in [0.2, 0.25) is 17.6 Å². The largest absolute Gasteiger partial charge is 0.502 e. The number of Topliss-reactive ketones (excluding diaryl/α,β-unsaturated/α-hetero) is 2. The van der Waals surface area contributed by atoms with Crippen LogP contribution in [0, 0.1) is 29.1 Å². The summed E-state index contributed by atoms with van der Waals surface area (Å²) in [6, 6.07) is 8.97. The number of amides is 2. The molecule has 1 saturated carbocycles. The Morgan fingerprint density at radius 2 is 1.61 bits per heavy atom. The second-order valence-electron chi connectivity index (χ2n) is 12.3. The van der Waals surface area contributed by atoms with Crippen molar-refractivity contribution < 1.29 is 43.7 Å². The summed E-state index contributed by atoms with van der Waals surface area (Å²) in [4.78, 5) is 68.8. The molecule has 0 radical (unpaired) electrons. The molecule has 3 aliphatic carbocycles. The lowest BCUT2D eigenvalue weighted by Gasteiger charge is -2.54. The van der Waals surface area contributed by atoms with Crippen molar-refractivity contribution in [2.75, 3.05) is 19.1 Å². The number of aromatic hydroxyl groups is 1. The van der Waals surface area contributed by atoms with Gasteiger partial charge in [-0.3, -0.25) is 24.1 Å². The molecular formula is C34H33NO9. The lowest BCUT2D eigenvalue weighted by Crippen LogP contribution is -2.55. The van der Waals surface area contributed by atoms with Gasteiger partial charge in [0.1, 0.15) is 0 Å². The van der Waals surface area contributed by atoms with Crippen molar-refractivity contribution in [1.82, 2.24) is 0 Å². The second-order valence-corrected chi connectivity index (χ2v) is 12.3. The zero-order chi connectivity index (χ0) is 31.8. The Bertz CT molecular complexity index is 1710. The summed E-state index contributed by atoms with van der Waals surface area (Å²) in [6.45, 7) is 5.09. The first-order valence-corrected chi connectivity index (χ1v) is 14.5. The number of phenols is 1. The van der Waals surface area contributed by atoms with E-state index >= 15 is 0 Å². The maximum Gasteiger partial charge on any atom is 0.335 e. The molecule has 0 unspecified atom stereocenters. The monoisotopic (exact) mass is 599 g/mol. The molecule has 2 aromatic carbocycles. The molecule has 228 valence electrons. The van der Waals surface area contributed by atoms with Crippen LogP contribution in [0.2, 0.25) is 0 Å². The number of anilines is 1. The maximum atomic E-state index is 14.2. The topological polar surface area (TPSA) is 148 Å². The number of ether oxygens (including phenoxy) is 2. The summed E-state index contributed by atoms with van der Waals surface area (Å²) in [5, 5.41) is 20.2. The molecule has 10 nitrogen and oxygen atoms in total. The van der Waals surface area contributed by atoms with Crippen LogP contribution in [0.15, 0.2) is 59.2 Å². The number of carbonyl (C=O) groups excluding carboxylic acids is 4. The van der Waals surface area contributed by atoms with Crippen molar-refractivity contribution >= 4 is 35.0 Å². The predicted molar refractivity (Wildman–Crippen MR) is 158 cm³/mol. The van der Waals surface area contributed by atoms with Gasteiger partial charge in [0.25, 0.3) is 0 Å². The van der Waals surface area contributed by atoms with Gasteiger partial charge in [0.05, 0.1) is 42.7 Å². The molecule has 2 aromatic rings. The highest BCUT2D eigenvalue weighted by Gasteiger charge is 2.64. The quantitative estimate of drug-likeness (QED) is 0.376. The third kappa shape index (κ3) is 3.89. The highest BCUT2D eigenvalue weighted by molar-refractivity contribution is 6.23. The van der Waals surface area contributed by atoms with Gasteiger partial charge >= 0.3 is 5.97 Å². The molecule has 6 atom stereocenters. The van der Waals surface area contributed by atoms with Gasteiger partial charge in [-0.15, -0.1) is 0 Å². The Morgan fingerprint density at radius 3 is 2.23 bits per heavy atom. The molecule has 0 spiro atoms. The molecule has 6 rings (SSSR count). The van der Waals surface area contributed by atoms with E-state index in [1.165, 1.54) is 38.5 Å². The number of fused-ring (bicyclic) bond motifs is 4. The minimum Gasteiger partial charge on any atom is -0.502 e. The third-order valence-electron chi connectivity index (χ3n) is 10.4. The number of hydrogen-bond donors (Lipinski definition) is 2. The van der Waals surface area contributed by atoms with Crippen LogP contribution in [0.5, 0.6) is 17.2 Å². The van der Waals surface area contributed by atoms with E-state index < -0.39 is 52.8 Å². The molecule has 1 aliphatic heterocycles. The van der Waals surface area contributed by atoms with Crippen LogP contribution in [-0.4, -0.2) is 53.8 Å². The first-order valence-electron chi connectivity index (χ1n) is 14.5. The number of rotatable bonds is 5. The number of phenolic OH excluding ortho intramolecular Hbond substituents is 1. The molecule has 1 saturated heterocycles. The minimum atomic E-state index is -1.22. The number of aromatic carboxylic acids is 1. The Balaban J connectivity index is 1.53. The SMILES string of the molecule is COc1cc([C@H]2C3=CC[C@@H]4C(=O)N(c5cccc(C(=O)O)c5)C(=O)[C@@H]4[C@@H]3C[C@H]3C(=O)C(C)=C(C)C(=O)[C@@]23C)cc(OC)c1O. The molecule has 1 heterocycles. The van der Waals surface area contributed by atoms with E-state index in [-0.39, 0.29) is 52.9 Å². The van der Waals surface area contributed by atoms with E-state index in [2.05, 4.69) is 0 Å². The van der Waals surface area contributed by atoms with Crippen LogP contribution in [0.25, 0.3) is 0 Å². The summed E-state index contributed by atoms with van der Waals surface area (Å²) in [5.74, 6) is -5.87. The van der Waals surface area contributed by atoms with Gasteiger partial charge in [-0.2, -0.15) is 0 Å². The predicted octanol–water partition coefficient (Wildman–Crippen LogP) is 4.46. The van der Waals surface area contributed by atoms with Gasteiger partial charge in [-0.1, -0.05) is 24.6 Å². The van der Waals surface area contributed by atoms with Crippen LogP contribution < -0.4 is 14.4 Å². The van der Waals surface area contributed by atoms with Crippen molar-refractivity contribution in [2.45, 2.75) is 39.5 Å². The fourth-order valence-electron chi connectivity index (χ4n) is 8.07. The number of ketones is 2. The van der Waals surface area contributed by atoms with Crippen LogP contribution in [0.3, 0.4) is 0 Å². The number of methoxy groups -OCH3 is 2. The average Bonchev–Trinajstić information content (AvgIpc) is 3.28. The highest BCUT2D eigenvalue weighted by Crippen LogP contribution is 2.63. The molecule has 2 N–H and O–H groups in total. The lowest BCUT2D eigenvalue weighted by atomic mass is 9.46. The van der Waals surface area contributed by atoms with Crippen molar-refractivity contribution in [2.24, 2.45) is 29.1 Å². The molecule has 2 fully saturated rings. The molecule has 4 aliphatic rings. The number of carboxylic acids is 1. The van der Waals surface area contributed by atoms with Crippen LogP contribution in [-0.2, 0) is 19.2 Å². The van der Waals surface area contributed by atoms with E-state index in [0.717, 1.165) is 10.5 Å². The maximum absolute atomic E-state index is 14.2. The second kappa shape index (κ2) is 10.2. The summed E-state index contributed by atoms with van der Waals surface area (Å²) in [7, 11) is 2.80. The number of nitrogens with zero attached hydrogens (tertiary/aromatic N) is 1. The van der Waals surface area contributed by atoms with E-state index in [1.807, 2.05) is 6.08 Å². The van der Waals surface area contributed by atoms with Gasteiger partial charge in [-0.05, 0) is 79.6 Å². The van der Waals surface area contributed by atoms with E-state index in [1.54, 1.807) is 32.9 Å².